The van der Waals surface area contributed by atoms with Crippen LogP contribution in [0.25, 0.3) is 0 Å². The van der Waals surface area contributed by atoms with Gasteiger partial charge in [-0.1, -0.05) is 5.10 Å². The van der Waals surface area contributed by atoms with Gasteiger partial charge in [-0.15, -0.1) is 5.10 Å². The van der Waals surface area contributed by atoms with Crippen molar-refractivity contribution in [3.05, 3.63) is 5.89 Å². The molecule has 1 aromatic rings. The van der Waals surface area contributed by atoms with Crippen LogP contribution in [0.15, 0.2) is 4.42 Å². The van der Waals surface area contributed by atoms with Crippen molar-refractivity contribution in [1.82, 2.24) is 15.5 Å². The topological polar surface area (TPSA) is 54.2 Å². The molecule has 1 atom stereocenters. The van der Waals surface area contributed by atoms with Crippen molar-refractivity contribution >= 4 is 17.8 Å². The smallest absolute Gasteiger partial charge is 0.318 e. The summed E-state index contributed by atoms with van der Waals surface area (Å²) >= 11 is 1.99. The summed E-state index contributed by atoms with van der Waals surface area (Å²) in [5.41, 5.74) is 0. The molecule has 0 radical (unpaired) electrons. The molecule has 5 nitrogen and oxygen atoms in total. The molecule has 3 rings (SSSR count). The quantitative estimate of drug-likeness (QED) is 0.873. The molecule has 1 aliphatic carbocycles. The van der Waals surface area contributed by atoms with Gasteiger partial charge in [0.2, 0.25) is 5.89 Å². The van der Waals surface area contributed by atoms with Gasteiger partial charge in [0.1, 0.15) is 0 Å². The summed E-state index contributed by atoms with van der Waals surface area (Å²) in [6.45, 7) is 3.91. The second-order valence-electron chi connectivity index (χ2n) is 4.75. The van der Waals surface area contributed by atoms with E-state index in [1.807, 2.05) is 11.8 Å². The van der Waals surface area contributed by atoms with Gasteiger partial charge in [-0.25, -0.2) is 0 Å². The molecule has 17 heavy (non-hydrogen) atoms. The lowest BCUT2D eigenvalue weighted by Gasteiger charge is -2.31. The Morgan fingerprint density at radius 2 is 2.35 bits per heavy atom. The molecule has 94 valence electrons. The second kappa shape index (κ2) is 4.86. The van der Waals surface area contributed by atoms with Crippen LogP contribution in [0.2, 0.25) is 0 Å². The number of hydrogen-bond acceptors (Lipinski definition) is 6. The lowest BCUT2D eigenvalue weighted by atomic mass is 10.3. The largest absolute Gasteiger partial charge is 0.407 e. The molecule has 1 aromatic heterocycles. The van der Waals surface area contributed by atoms with Crippen LogP contribution in [-0.2, 0) is 6.54 Å². The molecule has 6 heteroatoms. The first-order chi connectivity index (χ1) is 8.33. The number of anilines is 1. The van der Waals surface area contributed by atoms with Crippen molar-refractivity contribution in [2.75, 3.05) is 23.0 Å². The first kappa shape index (κ1) is 11.3. The zero-order valence-electron chi connectivity index (χ0n) is 10.1. The van der Waals surface area contributed by atoms with Crippen LogP contribution in [0.5, 0.6) is 0 Å². The van der Waals surface area contributed by atoms with Gasteiger partial charge in [0.05, 0.1) is 6.54 Å². The normalized spacial score (nSPS) is 25.2. The predicted molar refractivity (Wildman–Crippen MR) is 68.3 cm³/mol. The molecule has 2 fully saturated rings. The van der Waals surface area contributed by atoms with Crippen LogP contribution < -0.4 is 10.2 Å². The van der Waals surface area contributed by atoms with Gasteiger partial charge < -0.3 is 14.6 Å². The third-order valence-electron chi connectivity index (χ3n) is 3.19. The van der Waals surface area contributed by atoms with Crippen LogP contribution in [0, 0.1) is 0 Å². The molecule has 2 heterocycles. The maximum atomic E-state index is 5.70. The minimum atomic E-state index is 0.485. The SMILES string of the molecule is CC1CSCCN1c1nnc(CNC2CC2)o1. The Labute approximate surface area is 105 Å². The first-order valence-corrected chi connectivity index (χ1v) is 7.38. The van der Waals surface area contributed by atoms with Gasteiger partial charge in [0.15, 0.2) is 0 Å². The lowest BCUT2D eigenvalue weighted by molar-refractivity contribution is 0.453. The van der Waals surface area contributed by atoms with E-state index in [2.05, 4.69) is 27.3 Å². The van der Waals surface area contributed by atoms with Crippen LogP contribution in [-0.4, -0.2) is 40.3 Å². The second-order valence-corrected chi connectivity index (χ2v) is 5.90. The van der Waals surface area contributed by atoms with Crippen LogP contribution >= 0.6 is 11.8 Å². The summed E-state index contributed by atoms with van der Waals surface area (Å²) in [6, 6.07) is 1.85. The first-order valence-electron chi connectivity index (χ1n) is 6.23. The monoisotopic (exact) mass is 254 g/mol. The highest BCUT2D eigenvalue weighted by molar-refractivity contribution is 7.99. The Morgan fingerprint density at radius 1 is 1.47 bits per heavy atom. The van der Waals surface area contributed by atoms with Gasteiger partial charge >= 0.3 is 6.01 Å². The van der Waals surface area contributed by atoms with Gasteiger partial charge in [-0.05, 0) is 19.8 Å². The van der Waals surface area contributed by atoms with E-state index >= 15 is 0 Å². The van der Waals surface area contributed by atoms with Gasteiger partial charge in [0.25, 0.3) is 0 Å². The number of thioether (sulfide) groups is 1. The lowest BCUT2D eigenvalue weighted by Crippen LogP contribution is -2.40. The number of nitrogens with zero attached hydrogens (tertiary/aromatic N) is 3. The fraction of sp³-hybridized carbons (Fsp3) is 0.818. The highest BCUT2D eigenvalue weighted by Gasteiger charge is 2.24. The Kier molecular flexibility index (Phi) is 3.24. The van der Waals surface area contributed by atoms with E-state index in [4.69, 9.17) is 4.42 Å². The number of nitrogens with one attached hydrogen (secondary N) is 1. The molecule has 1 N–H and O–H groups in total. The van der Waals surface area contributed by atoms with E-state index in [-0.39, 0.29) is 0 Å². The van der Waals surface area contributed by atoms with Crippen LogP contribution in [0.4, 0.5) is 6.01 Å². The minimum Gasteiger partial charge on any atom is -0.407 e. The van der Waals surface area contributed by atoms with Crippen molar-refractivity contribution in [3.8, 4) is 0 Å². The Balaban J connectivity index is 1.61. The highest BCUT2D eigenvalue weighted by atomic mass is 32.2. The fourth-order valence-corrected chi connectivity index (χ4v) is 2.98. The van der Waals surface area contributed by atoms with Crippen LogP contribution in [0.1, 0.15) is 25.7 Å². The molecule has 0 bridgehead atoms. The van der Waals surface area contributed by atoms with Crippen molar-refractivity contribution in [3.63, 3.8) is 0 Å². The summed E-state index contributed by atoms with van der Waals surface area (Å²) in [5.74, 6) is 2.98. The summed E-state index contributed by atoms with van der Waals surface area (Å²) in [5, 5.41) is 11.6. The van der Waals surface area contributed by atoms with E-state index in [9.17, 15) is 0 Å². The number of rotatable bonds is 4. The molecular weight excluding hydrogens is 236 g/mol. The van der Waals surface area contributed by atoms with Gasteiger partial charge in [0, 0.05) is 30.1 Å². The zero-order valence-corrected chi connectivity index (χ0v) is 10.9. The summed E-state index contributed by atoms with van der Waals surface area (Å²) in [7, 11) is 0. The third-order valence-corrected chi connectivity index (χ3v) is 4.38. The van der Waals surface area contributed by atoms with Crippen molar-refractivity contribution < 1.29 is 4.42 Å². The highest BCUT2D eigenvalue weighted by Crippen LogP contribution is 2.23. The van der Waals surface area contributed by atoms with E-state index in [1.165, 1.54) is 12.8 Å². The van der Waals surface area contributed by atoms with Crippen molar-refractivity contribution in [2.45, 2.75) is 38.4 Å². The fourth-order valence-electron chi connectivity index (χ4n) is 1.96. The molecule has 1 saturated carbocycles. The summed E-state index contributed by atoms with van der Waals surface area (Å²) in [4.78, 5) is 2.21. The van der Waals surface area contributed by atoms with Crippen LogP contribution in [0.3, 0.4) is 0 Å². The molecule has 0 spiro atoms. The zero-order chi connectivity index (χ0) is 11.7. The van der Waals surface area contributed by atoms with E-state index in [1.54, 1.807) is 0 Å². The minimum absolute atomic E-state index is 0.485. The average molecular weight is 254 g/mol. The van der Waals surface area contributed by atoms with Gasteiger partial charge in [-0.2, -0.15) is 11.8 Å². The molecule has 1 saturated heterocycles. The standard InChI is InChI=1S/C11H18N4OS/c1-8-7-17-5-4-15(8)11-14-13-10(16-11)6-12-9-2-3-9/h8-9,12H,2-7H2,1H3. The Bertz CT molecular complexity index is 379. The van der Waals surface area contributed by atoms with Crippen molar-refractivity contribution in [1.29, 1.82) is 0 Å². The summed E-state index contributed by atoms with van der Waals surface area (Å²) < 4.78 is 5.70. The molecule has 1 unspecified atom stereocenters. The molecule has 1 aliphatic heterocycles. The maximum absolute atomic E-state index is 5.70. The van der Waals surface area contributed by atoms with E-state index in [0.29, 0.717) is 30.5 Å². The molecule has 0 amide bonds. The third kappa shape index (κ3) is 2.74. The molecular formula is C11H18N4OS. The van der Waals surface area contributed by atoms with Crippen molar-refractivity contribution in [2.24, 2.45) is 0 Å². The van der Waals surface area contributed by atoms with E-state index in [0.717, 1.165) is 18.1 Å². The number of hydrogen-bond donors (Lipinski definition) is 1. The Morgan fingerprint density at radius 3 is 3.12 bits per heavy atom. The maximum Gasteiger partial charge on any atom is 0.318 e. The molecule has 0 aromatic carbocycles. The number of aromatic nitrogens is 2. The average Bonchev–Trinajstić information content (AvgIpc) is 3.06. The van der Waals surface area contributed by atoms with E-state index < -0.39 is 0 Å². The predicted octanol–water partition coefficient (Wildman–Crippen LogP) is 1.26. The Hall–Kier alpha value is -0.750. The van der Waals surface area contributed by atoms with Gasteiger partial charge in [-0.3, -0.25) is 0 Å². The summed E-state index contributed by atoms with van der Waals surface area (Å²) in [6.07, 6.45) is 2.56. The molecule has 2 aliphatic rings.